The van der Waals surface area contributed by atoms with Crippen LogP contribution < -0.4 is 0 Å². The van der Waals surface area contributed by atoms with Gasteiger partial charge in [-0.3, -0.25) is 4.79 Å². The zero-order valence-corrected chi connectivity index (χ0v) is 12.3. The summed E-state index contributed by atoms with van der Waals surface area (Å²) in [4.78, 5) is 12.0. The van der Waals surface area contributed by atoms with E-state index in [-0.39, 0.29) is 17.5 Å². The van der Waals surface area contributed by atoms with E-state index in [0.717, 1.165) is 18.8 Å². The van der Waals surface area contributed by atoms with Crippen LogP contribution in [0.5, 0.6) is 0 Å². The smallest absolute Gasteiger partial charge is 0.311 e. The number of ether oxygens (including phenoxy) is 1. The Morgan fingerprint density at radius 1 is 1.21 bits per heavy atom. The van der Waals surface area contributed by atoms with Gasteiger partial charge >= 0.3 is 5.97 Å². The molecule has 4 saturated carbocycles. The summed E-state index contributed by atoms with van der Waals surface area (Å²) in [6.45, 7) is 6.27. The van der Waals surface area contributed by atoms with Crippen molar-refractivity contribution in [2.75, 3.05) is 6.61 Å². The minimum Gasteiger partial charge on any atom is -0.465 e. The molecule has 0 aliphatic heterocycles. The van der Waals surface area contributed by atoms with Crippen molar-refractivity contribution in [1.29, 1.82) is 0 Å². The van der Waals surface area contributed by atoms with Gasteiger partial charge in [-0.1, -0.05) is 0 Å². The number of aliphatic hydroxyl groups excluding tert-OH is 1. The van der Waals surface area contributed by atoms with Gasteiger partial charge in [0.1, 0.15) is 0 Å². The summed E-state index contributed by atoms with van der Waals surface area (Å²) in [5.74, 6) is 1.58. The monoisotopic (exact) mass is 266 g/mol. The molecule has 4 bridgehead atoms. The average molecular weight is 266 g/mol. The molecule has 0 spiro atoms. The molecule has 0 aromatic rings. The van der Waals surface area contributed by atoms with Crippen LogP contribution >= 0.6 is 0 Å². The molecule has 0 amide bonds. The van der Waals surface area contributed by atoms with Crippen molar-refractivity contribution in [2.45, 2.75) is 59.0 Å². The van der Waals surface area contributed by atoms with E-state index in [0.29, 0.717) is 18.4 Å². The Morgan fingerprint density at radius 3 is 2.32 bits per heavy atom. The van der Waals surface area contributed by atoms with Crippen LogP contribution in [0.25, 0.3) is 0 Å². The van der Waals surface area contributed by atoms with Gasteiger partial charge in [0, 0.05) is 5.41 Å². The Hall–Kier alpha value is -0.570. The predicted molar refractivity (Wildman–Crippen MR) is 72.4 cm³/mol. The maximum absolute atomic E-state index is 12.0. The van der Waals surface area contributed by atoms with Gasteiger partial charge in [0.2, 0.25) is 0 Å². The van der Waals surface area contributed by atoms with E-state index in [1.807, 2.05) is 20.8 Å². The average Bonchev–Trinajstić information content (AvgIpc) is 2.30. The first-order valence-electron chi connectivity index (χ1n) is 7.64. The molecule has 3 heteroatoms. The van der Waals surface area contributed by atoms with Crippen molar-refractivity contribution in [3.05, 3.63) is 0 Å². The number of esters is 1. The summed E-state index contributed by atoms with van der Waals surface area (Å²) < 4.78 is 5.61. The van der Waals surface area contributed by atoms with E-state index < -0.39 is 5.41 Å². The lowest BCUT2D eigenvalue weighted by molar-refractivity contribution is -0.175. The van der Waals surface area contributed by atoms with E-state index in [1.54, 1.807) is 0 Å². The Labute approximate surface area is 115 Å². The largest absolute Gasteiger partial charge is 0.465 e. The van der Waals surface area contributed by atoms with Gasteiger partial charge in [-0.15, -0.1) is 0 Å². The van der Waals surface area contributed by atoms with Crippen LogP contribution in [0.1, 0.15) is 52.9 Å². The zero-order valence-electron chi connectivity index (χ0n) is 12.3. The van der Waals surface area contributed by atoms with Crippen molar-refractivity contribution < 1.29 is 14.6 Å². The Morgan fingerprint density at radius 2 is 1.79 bits per heavy atom. The minimum absolute atomic E-state index is 0.0937. The van der Waals surface area contributed by atoms with E-state index in [4.69, 9.17) is 4.74 Å². The number of rotatable bonds is 2. The van der Waals surface area contributed by atoms with Crippen LogP contribution in [0.4, 0.5) is 0 Å². The molecule has 4 fully saturated rings. The van der Waals surface area contributed by atoms with Gasteiger partial charge < -0.3 is 9.84 Å². The van der Waals surface area contributed by atoms with Gasteiger partial charge in [0.25, 0.3) is 0 Å². The molecule has 0 aromatic carbocycles. The summed E-state index contributed by atoms with van der Waals surface area (Å²) in [7, 11) is 0. The highest BCUT2D eigenvalue weighted by Gasteiger charge is 2.55. The van der Waals surface area contributed by atoms with Gasteiger partial charge in [0.05, 0.1) is 18.1 Å². The Balaban J connectivity index is 1.67. The van der Waals surface area contributed by atoms with Crippen LogP contribution in [0, 0.1) is 28.6 Å². The Kier molecular flexibility index (Phi) is 2.97. The van der Waals surface area contributed by atoms with E-state index in [9.17, 15) is 9.90 Å². The number of hydrogen-bond acceptors (Lipinski definition) is 3. The third kappa shape index (κ3) is 2.31. The standard InChI is InChI=1S/C16H26O3/c1-15(2,3)14(18)19-9-16-6-10-4-11(7-16)13(17)12(5-10)8-16/h10-13,17H,4-9H2,1-3H3. The Bertz CT molecular complexity index is 366. The lowest BCUT2D eigenvalue weighted by Crippen LogP contribution is -2.55. The fourth-order valence-corrected chi connectivity index (χ4v) is 4.78. The van der Waals surface area contributed by atoms with Crippen LogP contribution in [0.3, 0.4) is 0 Å². The molecule has 2 unspecified atom stereocenters. The summed E-state index contributed by atoms with van der Waals surface area (Å²) >= 11 is 0. The molecule has 2 atom stereocenters. The third-order valence-electron chi connectivity index (χ3n) is 5.47. The van der Waals surface area contributed by atoms with Crippen molar-refractivity contribution in [3.8, 4) is 0 Å². The highest BCUT2D eigenvalue weighted by Crippen LogP contribution is 2.60. The fraction of sp³-hybridized carbons (Fsp3) is 0.938. The molecule has 0 radical (unpaired) electrons. The summed E-state index contributed by atoms with van der Waals surface area (Å²) in [5.41, 5.74) is -0.238. The van der Waals surface area contributed by atoms with E-state index >= 15 is 0 Å². The van der Waals surface area contributed by atoms with Gasteiger partial charge in [-0.2, -0.15) is 0 Å². The zero-order chi connectivity index (χ0) is 13.8. The molecule has 0 saturated heterocycles. The molecule has 1 N–H and O–H groups in total. The highest BCUT2D eigenvalue weighted by molar-refractivity contribution is 5.75. The normalized spacial score (nSPS) is 44.4. The van der Waals surface area contributed by atoms with Crippen LogP contribution in [0.15, 0.2) is 0 Å². The molecule has 19 heavy (non-hydrogen) atoms. The lowest BCUT2D eigenvalue weighted by atomic mass is 9.49. The first kappa shape index (κ1) is 13.4. The third-order valence-corrected chi connectivity index (χ3v) is 5.47. The van der Waals surface area contributed by atoms with Crippen molar-refractivity contribution in [3.63, 3.8) is 0 Å². The van der Waals surface area contributed by atoms with Crippen LogP contribution in [0.2, 0.25) is 0 Å². The fourth-order valence-electron chi connectivity index (χ4n) is 4.78. The number of carbonyl (C=O) groups excluding carboxylic acids is 1. The predicted octanol–water partition coefficient (Wildman–Crippen LogP) is 2.76. The second-order valence-corrected chi connectivity index (χ2v) is 8.29. The van der Waals surface area contributed by atoms with E-state index in [1.165, 1.54) is 19.3 Å². The van der Waals surface area contributed by atoms with Crippen molar-refractivity contribution in [1.82, 2.24) is 0 Å². The van der Waals surface area contributed by atoms with Crippen molar-refractivity contribution in [2.24, 2.45) is 28.6 Å². The number of aliphatic hydroxyl groups is 1. The highest BCUT2D eigenvalue weighted by atomic mass is 16.5. The molecule has 4 aliphatic carbocycles. The maximum Gasteiger partial charge on any atom is 0.311 e. The molecule has 0 aromatic heterocycles. The quantitative estimate of drug-likeness (QED) is 0.782. The van der Waals surface area contributed by atoms with Crippen LogP contribution in [-0.2, 0) is 9.53 Å². The van der Waals surface area contributed by atoms with Crippen molar-refractivity contribution >= 4 is 5.97 Å². The minimum atomic E-state index is -0.415. The number of carbonyl (C=O) groups is 1. The topological polar surface area (TPSA) is 46.5 Å². The summed E-state index contributed by atoms with van der Waals surface area (Å²) in [6, 6.07) is 0. The first-order valence-corrected chi connectivity index (χ1v) is 7.64. The molecular formula is C16H26O3. The second-order valence-electron chi connectivity index (χ2n) is 8.29. The molecule has 3 nitrogen and oxygen atoms in total. The lowest BCUT2D eigenvalue weighted by Gasteiger charge is -2.58. The SMILES string of the molecule is CC(C)(C)C(=O)OCC12CC3CC(C1)C(O)C(C3)C2. The van der Waals surface area contributed by atoms with Gasteiger partial charge in [-0.05, 0) is 70.6 Å². The summed E-state index contributed by atoms with van der Waals surface area (Å²) in [5, 5.41) is 10.2. The summed E-state index contributed by atoms with van der Waals surface area (Å²) in [6.07, 6.45) is 5.59. The molecule has 108 valence electrons. The van der Waals surface area contributed by atoms with E-state index in [2.05, 4.69) is 0 Å². The van der Waals surface area contributed by atoms with Crippen LogP contribution in [-0.4, -0.2) is 23.8 Å². The molecular weight excluding hydrogens is 240 g/mol. The molecule has 4 aliphatic rings. The first-order chi connectivity index (χ1) is 8.79. The second kappa shape index (κ2) is 4.21. The maximum atomic E-state index is 12.0. The molecule has 0 heterocycles. The van der Waals surface area contributed by atoms with Gasteiger partial charge in [0.15, 0.2) is 0 Å². The number of hydrogen-bond donors (Lipinski definition) is 1. The van der Waals surface area contributed by atoms with Gasteiger partial charge in [-0.25, -0.2) is 0 Å². The molecule has 4 rings (SSSR count).